The number of hydrogen-bond donors (Lipinski definition) is 1. The lowest BCUT2D eigenvalue weighted by atomic mass is 10.2. The predicted octanol–water partition coefficient (Wildman–Crippen LogP) is 2.50. The zero-order valence-electron chi connectivity index (χ0n) is 9.94. The Labute approximate surface area is 101 Å². The quantitative estimate of drug-likeness (QED) is 0.771. The maximum atomic E-state index is 11.1. The number of hydrogen-bond acceptors (Lipinski definition) is 3. The predicted molar refractivity (Wildman–Crippen MR) is 66.0 cm³/mol. The Morgan fingerprint density at radius 3 is 3.06 bits per heavy atom. The van der Waals surface area contributed by atoms with Crippen molar-refractivity contribution in [3.63, 3.8) is 0 Å². The summed E-state index contributed by atoms with van der Waals surface area (Å²) in [5.41, 5.74) is 0.958. The molecule has 0 fully saturated rings. The third-order valence-corrected chi connectivity index (χ3v) is 1.98. The minimum Gasteiger partial charge on any atom is -0.490 e. The topological polar surface area (TPSA) is 47.6 Å². The van der Waals surface area contributed by atoms with Crippen LogP contribution in [0.3, 0.4) is 0 Å². The molecule has 0 aromatic heterocycles. The van der Waals surface area contributed by atoms with Gasteiger partial charge in [0.15, 0.2) is 0 Å². The molecule has 1 aromatic carbocycles. The molecule has 0 unspecified atom stereocenters. The smallest absolute Gasteiger partial charge is 0.407 e. The van der Waals surface area contributed by atoms with Crippen molar-refractivity contribution in [2.24, 2.45) is 0 Å². The van der Waals surface area contributed by atoms with E-state index in [2.05, 4.69) is 11.9 Å². The minimum atomic E-state index is -0.412. The van der Waals surface area contributed by atoms with Crippen molar-refractivity contribution in [3.05, 3.63) is 42.5 Å². The molecule has 0 saturated carbocycles. The second kappa shape index (κ2) is 7.33. The molecule has 0 atom stereocenters. The van der Waals surface area contributed by atoms with Gasteiger partial charge in [0.25, 0.3) is 0 Å². The van der Waals surface area contributed by atoms with Crippen LogP contribution >= 0.6 is 0 Å². The van der Waals surface area contributed by atoms with Gasteiger partial charge >= 0.3 is 6.09 Å². The highest BCUT2D eigenvalue weighted by molar-refractivity contribution is 5.67. The maximum Gasteiger partial charge on any atom is 0.407 e. The molecule has 0 saturated heterocycles. The molecule has 1 N–H and O–H groups in total. The monoisotopic (exact) mass is 235 g/mol. The fourth-order valence-electron chi connectivity index (χ4n) is 1.26. The van der Waals surface area contributed by atoms with Crippen LogP contribution in [-0.4, -0.2) is 19.3 Å². The zero-order valence-corrected chi connectivity index (χ0v) is 9.94. The minimum absolute atomic E-state index is 0.369. The number of nitrogens with one attached hydrogen (secondary N) is 1. The van der Waals surface area contributed by atoms with Crippen LogP contribution in [0, 0.1) is 0 Å². The number of ether oxygens (including phenoxy) is 2. The summed E-state index contributed by atoms with van der Waals surface area (Å²) >= 11 is 0. The first-order valence-electron chi connectivity index (χ1n) is 5.49. The highest BCUT2D eigenvalue weighted by Gasteiger charge is 2.01. The van der Waals surface area contributed by atoms with Gasteiger partial charge in [-0.25, -0.2) is 4.79 Å². The Balaban J connectivity index is 2.47. The fraction of sp³-hybridized carbons (Fsp3) is 0.308. The summed E-state index contributed by atoms with van der Waals surface area (Å²) in [5, 5.41) is 2.65. The van der Waals surface area contributed by atoms with E-state index in [1.807, 2.05) is 24.3 Å². The second-order valence-electron chi connectivity index (χ2n) is 3.32. The Hall–Kier alpha value is -1.97. The Morgan fingerprint density at radius 1 is 1.53 bits per heavy atom. The molecular weight excluding hydrogens is 218 g/mol. The van der Waals surface area contributed by atoms with Gasteiger partial charge in [-0.05, 0) is 24.6 Å². The summed E-state index contributed by atoms with van der Waals surface area (Å²) in [7, 11) is 0. The third kappa shape index (κ3) is 5.06. The van der Waals surface area contributed by atoms with Gasteiger partial charge in [0.2, 0.25) is 0 Å². The van der Waals surface area contributed by atoms with Gasteiger partial charge in [0, 0.05) is 6.54 Å². The third-order valence-electron chi connectivity index (χ3n) is 1.98. The molecule has 0 spiro atoms. The Kier molecular flexibility index (Phi) is 5.64. The van der Waals surface area contributed by atoms with E-state index in [0.29, 0.717) is 19.8 Å². The average molecular weight is 235 g/mol. The van der Waals surface area contributed by atoms with Crippen LogP contribution in [-0.2, 0) is 11.3 Å². The lowest BCUT2D eigenvalue weighted by molar-refractivity contribution is 0.151. The van der Waals surface area contributed by atoms with Crippen LogP contribution in [0.25, 0.3) is 0 Å². The first-order valence-corrected chi connectivity index (χ1v) is 5.49. The molecule has 1 amide bonds. The lowest BCUT2D eigenvalue weighted by Gasteiger charge is -2.07. The number of alkyl carbamates (subject to hydrolysis) is 1. The molecule has 17 heavy (non-hydrogen) atoms. The van der Waals surface area contributed by atoms with Crippen LogP contribution in [0.2, 0.25) is 0 Å². The van der Waals surface area contributed by atoms with E-state index in [1.54, 1.807) is 13.0 Å². The van der Waals surface area contributed by atoms with Crippen molar-refractivity contribution in [3.8, 4) is 5.75 Å². The first kappa shape index (κ1) is 13.1. The molecule has 0 aliphatic carbocycles. The van der Waals surface area contributed by atoms with Crippen molar-refractivity contribution < 1.29 is 14.3 Å². The molecule has 0 radical (unpaired) electrons. The van der Waals surface area contributed by atoms with Gasteiger partial charge in [0.1, 0.15) is 12.4 Å². The number of amides is 1. The van der Waals surface area contributed by atoms with E-state index in [0.717, 1.165) is 11.3 Å². The van der Waals surface area contributed by atoms with E-state index < -0.39 is 6.09 Å². The molecule has 4 heteroatoms. The van der Waals surface area contributed by atoms with E-state index >= 15 is 0 Å². The molecule has 1 aromatic rings. The maximum absolute atomic E-state index is 11.1. The van der Waals surface area contributed by atoms with Gasteiger partial charge < -0.3 is 14.8 Å². The first-order chi connectivity index (χ1) is 8.26. The largest absolute Gasteiger partial charge is 0.490 e. The van der Waals surface area contributed by atoms with Crippen molar-refractivity contribution >= 4 is 6.09 Å². The molecule has 0 aliphatic rings. The van der Waals surface area contributed by atoms with E-state index in [4.69, 9.17) is 9.47 Å². The molecule has 92 valence electrons. The summed E-state index contributed by atoms with van der Waals surface area (Å²) in [5.74, 6) is 0.757. The van der Waals surface area contributed by atoms with Gasteiger partial charge in [-0.15, -0.1) is 0 Å². The molecule has 0 heterocycles. The highest BCUT2D eigenvalue weighted by atomic mass is 16.5. The van der Waals surface area contributed by atoms with Crippen LogP contribution in [0.1, 0.15) is 12.5 Å². The van der Waals surface area contributed by atoms with Crippen LogP contribution in [0.15, 0.2) is 36.9 Å². The second-order valence-corrected chi connectivity index (χ2v) is 3.32. The summed E-state index contributed by atoms with van der Waals surface area (Å²) in [6.07, 6.45) is 1.27. The molecule has 0 bridgehead atoms. The van der Waals surface area contributed by atoms with Crippen LogP contribution in [0.5, 0.6) is 5.75 Å². The SMILES string of the molecule is C=CCOc1cccc(CNC(=O)OCC)c1. The molecule has 4 nitrogen and oxygen atoms in total. The van der Waals surface area contributed by atoms with Gasteiger partial charge in [-0.3, -0.25) is 0 Å². The number of carbonyl (C=O) groups excluding carboxylic acids is 1. The summed E-state index contributed by atoms with van der Waals surface area (Å²) in [6, 6.07) is 7.51. The molecule has 1 rings (SSSR count). The van der Waals surface area contributed by atoms with E-state index in [-0.39, 0.29) is 0 Å². The fourth-order valence-corrected chi connectivity index (χ4v) is 1.26. The normalized spacial score (nSPS) is 9.47. The van der Waals surface area contributed by atoms with E-state index in [9.17, 15) is 4.79 Å². The molecular formula is C13H17NO3. The number of benzene rings is 1. The number of rotatable bonds is 6. The van der Waals surface area contributed by atoms with Crippen molar-refractivity contribution in [2.75, 3.05) is 13.2 Å². The van der Waals surface area contributed by atoms with E-state index in [1.165, 1.54) is 0 Å². The van der Waals surface area contributed by atoms with Crippen LogP contribution < -0.4 is 10.1 Å². The summed E-state index contributed by atoms with van der Waals surface area (Å²) in [4.78, 5) is 11.1. The average Bonchev–Trinajstić information content (AvgIpc) is 2.35. The number of carbonyl (C=O) groups is 1. The Bertz CT molecular complexity index is 377. The van der Waals surface area contributed by atoms with Crippen molar-refractivity contribution in [2.45, 2.75) is 13.5 Å². The summed E-state index contributed by atoms with van der Waals surface area (Å²) in [6.45, 7) is 6.60. The Morgan fingerprint density at radius 2 is 2.35 bits per heavy atom. The van der Waals surface area contributed by atoms with Gasteiger partial charge in [0.05, 0.1) is 6.61 Å². The van der Waals surface area contributed by atoms with Gasteiger partial charge in [-0.1, -0.05) is 24.8 Å². The molecule has 0 aliphatic heterocycles. The van der Waals surface area contributed by atoms with Gasteiger partial charge in [-0.2, -0.15) is 0 Å². The van der Waals surface area contributed by atoms with Crippen molar-refractivity contribution in [1.82, 2.24) is 5.32 Å². The summed E-state index contributed by atoms with van der Waals surface area (Å²) < 4.78 is 10.2. The van der Waals surface area contributed by atoms with Crippen molar-refractivity contribution in [1.29, 1.82) is 0 Å². The van der Waals surface area contributed by atoms with Crippen LogP contribution in [0.4, 0.5) is 4.79 Å². The highest BCUT2D eigenvalue weighted by Crippen LogP contribution is 2.13. The lowest BCUT2D eigenvalue weighted by Crippen LogP contribution is -2.23. The standard InChI is InChI=1S/C13H17NO3/c1-3-8-17-12-7-5-6-11(9-12)10-14-13(15)16-4-2/h3,5-7,9H,1,4,8,10H2,2H3,(H,14,15). The zero-order chi connectivity index (χ0) is 12.5.